The van der Waals surface area contributed by atoms with Crippen LogP contribution >= 0.6 is 0 Å². The van der Waals surface area contributed by atoms with Gasteiger partial charge in [0.15, 0.2) is 0 Å². The van der Waals surface area contributed by atoms with Gasteiger partial charge in [-0.3, -0.25) is 0 Å². The number of likely N-dealkylation sites (tertiary alicyclic amines) is 1. The van der Waals surface area contributed by atoms with Crippen molar-refractivity contribution in [3.05, 3.63) is 0 Å². The van der Waals surface area contributed by atoms with Gasteiger partial charge in [-0.1, -0.05) is 46.0 Å². The van der Waals surface area contributed by atoms with Crippen molar-refractivity contribution in [3.63, 3.8) is 0 Å². The zero-order valence-electron chi connectivity index (χ0n) is 11.5. The van der Waals surface area contributed by atoms with E-state index < -0.39 is 0 Å². The van der Waals surface area contributed by atoms with E-state index in [0.29, 0.717) is 6.10 Å². The van der Waals surface area contributed by atoms with E-state index in [1.165, 1.54) is 32.1 Å². The highest BCUT2D eigenvalue weighted by molar-refractivity contribution is 4.76. The quantitative estimate of drug-likeness (QED) is 0.718. The SMILES string of the molecule is CC(C)C1CCCCC1.COC1CN(C)C1. The number of likely N-dealkylation sites (N-methyl/N-ethyl adjacent to an activating group) is 1. The van der Waals surface area contributed by atoms with Gasteiger partial charge in [-0.25, -0.2) is 0 Å². The van der Waals surface area contributed by atoms with E-state index in [1.807, 2.05) is 0 Å². The molecule has 1 aliphatic heterocycles. The molecule has 1 saturated heterocycles. The second kappa shape index (κ2) is 7.29. The zero-order chi connectivity index (χ0) is 12.0. The minimum absolute atomic E-state index is 0.519. The summed E-state index contributed by atoms with van der Waals surface area (Å²) in [6.07, 6.45) is 7.98. The van der Waals surface area contributed by atoms with Gasteiger partial charge in [0.25, 0.3) is 0 Å². The zero-order valence-corrected chi connectivity index (χ0v) is 11.5. The first-order valence-corrected chi connectivity index (χ1v) is 6.84. The average molecular weight is 227 g/mol. The third-order valence-electron chi connectivity index (χ3n) is 3.96. The predicted molar refractivity (Wildman–Crippen MR) is 69.7 cm³/mol. The molecule has 1 heterocycles. The van der Waals surface area contributed by atoms with Gasteiger partial charge in [0.05, 0.1) is 6.10 Å². The van der Waals surface area contributed by atoms with E-state index in [4.69, 9.17) is 4.74 Å². The minimum Gasteiger partial charge on any atom is -0.379 e. The lowest BCUT2D eigenvalue weighted by molar-refractivity contribution is -0.0155. The van der Waals surface area contributed by atoms with Crippen LogP contribution in [0.2, 0.25) is 0 Å². The van der Waals surface area contributed by atoms with Crippen LogP contribution in [0.25, 0.3) is 0 Å². The fourth-order valence-corrected chi connectivity index (χ4v) is 2.59. The first kappa shape index (κ1) is 14.0. The fourth-order valence-electron chi connectivity index (χ4n) is 2.59. The maximum Gasteiger partial charge on any atom is 0.0824 e. The molecule has 2 fully saturated rings. The monoisotopic (exact) mass is 227 g/mol. The number of methoxy groups -OCH3 is 1. The average Bonchev–Trinajstić information content (AvgIpc) is 2.27. The summed E-state index contributed by atoms with van der Waals surface area (Å²) in [6.45, 7) is 6.93. The fraction of sp³-hybridized carbons (Fsp3) is 1.00. The van der Waals surface area contributed by atoms with Gasteiger partial charge in [-0.2, -0.15) is 0 Å². The maximum absolute atomic E-state index is 5.01. The Kier molecular flexibility index (Phi) is 6.37. The summed E-state index contributed by atoms with van der Waals surface area (Å²) in [5, 5.41) is 0. The van der Waals surface area contributed by atoms with Gasteiger partial charge < -0.3 is 9.64 Å². The summed E-state index contributed by atoms with van der Waals surface area (Å²) >= 11 is 0. The van der Waals surface area contributed by atoms with Gasteiger partial charge in [-0.05, 0) is 18.9 Å². The summed E-state index contributed by atoms with van der Waals surface area (Å²) in [5.74, 6) is 1.99. The molecular formula is C14H29NO. The first-order chi connectivity index (χ1) is 7.63. The molecule has 0 aromatic rings. The molecule has 96 valence electrons. The lowest BCUT2D eigenvalue weighted by Crippen LogP contribution is -2.48. The van der Waals surface area contributed by atoms with Crippen molar-refractivity contribution in [2.24, 2.45) is 11.8 Å². The Morgan fingerprint density at radius 3 is 1.88 bits per heavy atom. The van der Waals surface area contributed by atoms with Crippen molar-refractivity contribution in [1.29, 1.82) is 0 Å². The summed E-state index contributed by atoms with van der Waals surface area (Å²) in [7, 11) is 3.85. The molecule has 0 aromatic carbocycles. The Hall–Kier alpha value is -0.0800. The first-order valence-electron chi connectivity index (χ1n) is 6.84. The topological polar surface area (TPSA) is 12.5 Å². The highest BCUT2D eigenvalue weighted by Gasteiger charge is 2.21. The molecule has 0 aromatic heterocycles. The number of nitrogens with zero attached hydrogens (tertiary/aromatic N) is 1. The van der Waals surface area contributed by atoms with E-state index in [0.717, 1.165) is 24.9 Å². The van der Waals surface area contributed by atoms with Crippen LogP contribution in [0, 0.1) is 11.8 Å². The Balaban J connectivity index is 0.000000165. The van der Waals surface area contributed by atoms with Gasteiger partial charge in [-0.15, -0.1) is 0 Å². The van der Waals surface area contributed by atoms with Crippen LogP contribution in [0.4, 0.5) is 0 Å². The van der Waals surface area contributed by atoms with Crippen molar-refractivity contribution >= 4 is 0 Å². The molecule has 2 rings (SSSR count). The summed E-state index contributed by atoms with van der Waals surface area (Å²) < 4.78 is 5.01. The van der Waals surface area contributed by atoms with Crippen LogP contribution < -0.4 is 0 Å². The highest BCUT2D eigenvalue weighted by atomic mass is 16.5. The van der Waals surface area contributed by atoms with Gasteiger partial charge in [0.1, 0.15) is 0 Å². The van der Waals surface area contributed by atoms with Crippen molar-refractivity contribution in [1.82, 2.24) is 4.90 Å². The highest BCUT2D eigenvalue weighted by Crippen LogP contribution is 2.29. The van der Waals surface area contributed by atoms with Gasteiger partial charge >= 0.3 is 0 Å². The second-order valence-electron chi connectivity index (χ2n) is 5.72. The van der Waals surface area contributed by atoms with Crippen LogP contribution in [0.1, 0.15) is 46.0 Å². The maximum atomic E-state index is 5.01. The van der Waals surface area contributed by atoms with E-state index in [2.05, 4.69) is 25.8 Å². The third-order valence-corrected chi connectivity index (χ3v) is 3.96. The molecule has 2 nitrogen and oxygen atoms in total. The standard InChI is InChI=1S/C9H18.C5H11NO/c1-8(2)9-6-4-3-5-7-9;1-6-3-5(4-6)7-2/h8-9H,3-7H2,1-2H3;5H,3-4H2,1-2H3. The summed E-state index contributed by atoms with van der Waals surface area (Å²) in [4.78, 5) is 2.23. The van der Waals surface area contributed by atoms with E-state index in [9.17, 15) is 0 Å². The van der Waals surface area contributed by atoms with Crippen molar-refractivity contribution in [2.75, 3.05) is 27.2 Å². The second-order valence-corrected chi connectivity index (χ2v) is 5.72. The summed E-state index contributed by atoms with van der Waals surface area (Å²) in [6, 6.07) is 0. The van der Waals surface area contributed by atoms with Crippen LogP contribution in [0.15, 0.2) is 0 Å². The largest absolute Gasteiger partial charge is 0.379 e. The normalized spacial score (nSPS) is 23.8. The van der Waals surface area contributed by atoms with E-state index >= 15 is 0 Å². The van der Waals surface area contributed by atoms with E-state index in [1.54, 1.807) is 7.11 Å². The number of rotatable bonds is 2. The Labute approximate surface area is 101 Å². The molecule has 0 unspecified atom stereocenters. The molecule has 0 radical (unpaired) electrons. The van der Waals surface area contributed by atoms with Crippen LogP contribution in [-0.4, -0.2) is 38.3 Å². The Morgan fingerprint density at radius 2 is 1.62 bits per heavy atom. The number of hydrogen-bond donors (Lipinski definition) is 0. The lowest BCUT2D eigenvalue weighted by atomic mass is 9.82. The number of hydrogen-bond acceptors (Lipinski definition) is 2. The molecule has 0 amide bonds. The molecule has 16 heavy (non-hydrogen) atoms. The molecule has 1 aliphatic carbocycles. The minimum atomic E-state index is 0.519. The number of ether oxygens (including phenoxy) is 1. The molecule has 1 saturated carbocycles. The molecule has 0 atom stereocenters. The molecule has 2 heteroatoms. The van der Waals surface area contributed by atoms with Gasteiger partial charge in [0.2, 0.25) is 0 Å². The van der Waals surface area contributed by atoms with Gasteiger partial charge in [0, 0.05) is 20.2 Å². The lowest BCUT2D eigenvalue weighted by Gasteiger charge is -2.34. The Bertz CT molecular complexity index is 170. The third kappa shape index (κ3) is 4.84. The van der Waals surface area contributed by atoms with Crippen molar-refractivity contribution in [3.8, 4) is 0 Å². The molecule has 0 spiro atoms. The molecule has 2 aliphatic rings. The van der Waals surface area contributed by atoms with E-state index in [-0.39, 0.29) is 0 Å². The van der Waals surface area contributed by atoms with Crippen LogP contribution in [0.3, 0.4) is 0 Å². The molecule has 0 bridgehead atoms. The predicted octanol–water partition coefficient (Wildman–Crippen LogP) is 3.17. The van der Waals surface area contributed by atoms with Crippen molar-refractivity contribution < 1.29 is 4.74 Å². The molecule has 0 N–H and O–H groups in total. The smallest absolute Gasteiger partial charge is 0.0824 e. The summed E-state index contributed by atoms with van der Waals surface area (Å²) in [5.41, 5.74) is 0. The van der Waals surface area contributed by atoms with Crippen molar-refractivity contribution in [2.45, 2.75) is 52.1 Å². The Morgan fingerprint density at radius 1 is 1.06 bits per heavy atom. The molecular weight excluding hydrogens is 198 g/mol. The van der Waals surface area contributed by atoms with Crippen LogP contribution in [-0.2, 0) is 4.74 Å². The van der Waals surface area contributed by atoms with Crippen LogP contribution in [0.5, 0.6) is 0 Å².